The third-order valence-electron chi connectivity index (χ3n) is 5.46. The van der Waals surface area contributed by atoms with Crippen LogP contribution in [0.4, 0.5) is 5.69 Å². The van der Waals surface area contributed by atoms with E-state index in [0.717, 1.165) is 24.7 Å². The predicted molar refractivity (Wildman–Crippen MR) is 137 cm³/mol. The Morgan fingerprint density at radius 3 is 2.26 bits per heavy atom. The van der Waals surface area contributed by atoms with Gasteiger partial charge >= 0.3 is 0 Å². The number of halogens is 1. The lowest BCUT2D eigenvalue weighted by molar-refractivity contribution is -0.140. The fourth-order valence-corrected chi connectivity index (χ4v) is 4.60. The Bertz CT molecular complexity index is 1030. The highest BCUT2D eigenvalue weighted by Gasteiger charge is 2.26. The highest BCUT2D eigenvalue weighted by atomic mass is 35.5. The number of carbonyl (C=O) groups excluding carboxylic acids is 2. The zero-order valence-electron chi connectivity index (χ0n) is 20.0. The van der Waals surface area contributed by atoms with Gasteiger partial charge in [0.25, 0.3) is 0 Å². The van der Waals surface area contributed by atoms with Crippen LogP contribution in [-0.2, 0) is 26.2 Å². The first kappa shape index (κ1) is 27.7. The Morgan fingerprint density at radius 1 is 1.03 bits per heavy atom. The molecule has 1 N–H and O–H groups in total. The largest absolute Gasteiger partial charge is 0.354 e. The van der Waals surface area contributed by atoms with Crippen molar-refractivity contribution in [2.45, 2.75) is 52.1 Å². The Kier molecular flexibility index (Phi) is 10.9. The molecule has 2 aromatic rings. The zero-order chi connectivity index (χ0) is 25.1. The van der Waals surface area contributed by atoms with Crippen molar-refractivity contribution in [3.05, 3.63) is 65.2 Å². The van der Waals surface area contributed by atoms with Crippen molar-refractivity contribution < 1.29 is 18.0 Å². The summed E-state index contributed by atoms with van der Waals surface area (Å²) in [5, 5.41) is 3.40. The van der Waals surface area contributed by atoms with E-state index in [0.29, 0.717) is 30.2 Å². The van der Waals surface area contributed by atoms with Gasteiger partial charge in [-0.25, -0.2) is 8.42 Å². The molecule has 34 heavy (non-hydrogen) atoms. The lowest BCUT2D eigenvalue weighted by Crippen LogP contribution is -2.47. The Morgan fingerprint density at radius 2 is 1.68 bits per heavy atom. The van der Waals surface area contributed by atoms with Gasteiger partial charge in [-0.15, -0.1) is 0 Å². The van der Waals surface area contributed by atoms with Gasteiger partial charge in [-0.1, -0.05) is 55.3 Å². The summed E-state index contributed by atoms with van der Waals surface area (Å²) in [4.78, 5) is 27.4. The SMILES string of the molecule is CCCCNC(=O)C(C)N(Cc1ccccc1)C(=O)CCCN(c1ccc(Cl)cc1)S(C)(=O)=O. The number of nitrogens with zero attached hydrogens (tertiary/aromatic N) is 2. The molecule has 2 amide bonds. The number of nitrogens with one attached hydrogen (secondary N) is 1. The maximum atomic E-state index is 13.2. The lowest BCUT2D eigenvalue weighted by Gasteiger charge is -2.29. The van der Waals surface area contributed by atoms with Crippen LogP contribution >= 0.6 is 11.6 Å². The third-order valence-corrected chi connectivity index (χ3v) is 6.91. The van der Waals surface area contributed by atoms with Gasteiger partial charge in [0.2, 0.25) is 21.8 Å². The zero-order valence-corrected chi connectivity index (χ0v) is 21.6. The molecule has 7 nitrogen and oxygen atoms in total. The molecule has 0 aliphatic heterocycles. The number of carbonyl (C=O) groups is 2. The average Bonchev–Trinajstić information content (AvgIpc) is 2.80. The number of unbranched alkanes of at least 4 members (excludes halogenated alkanes) is 1. The number of anilines is 1. The van der Waals surface area contributed by atoms with Crippen LogP contribution in [0.2, 0.25) is 5.02 Å². The van der Waals surface area contributed by atoms with Gasteiger partial charge in [0.1, 0.15) is 6.04 Å². The minimum Gasteiger partial charge on any atom is -0.354 e. The summed E-state index contributed by atoms with van der Waals surface area (Å²) in [5.74, 6) is -0.400. The second-order valence-corrected chi connectivity index (χ2v) is 10.6. The number of rotatable bonds is 13. The van der Waals surface area contributed by atoms with E-state index in [4.69, 9.17) is 11.6 Å². The van der Waals surface area contributed by atoms with Crippen LogP contribution in [0, 0.1) is 0 Å². The van der Waals surface area contributed by atoms with E-state index in [-0.39, 0.29) is 24.8 Å². The summed E-state index contributed by atoms with van der Waals surface area (Å²) < 4.78 is 25.9. The first-order chi connectivity index (χ1) is 16.1. The summed E-state index contributed by atoms with van der Waals surface area (Å²) in [6.07, 6.45) is 3.39. The predicted octanol–water partition coefficient (Wildman–Crippen LogP) is 4.22. The Labute approximate surface area is 208 Å². The summed E-state index contributed by atoms with van der Waals surface area (Å²) in [6.45, 7) is 4.78. The van der Waals surface area contributed by atoms with E-state index in [9.17, 15) is 18.0 Å². The monoisotopic (exact) mass is 507 g/mol. The van der Waals surface area contributed by atoms with Crippen molar-refractivity contribution in [3.8, 4) is 0 Å². The summed E-state index contributed by atoms with van der Waals surface area (Å²) in [5.41, 5.74) is 1.41. The van der Waals surface area contributed by atoms with E-state index in [1.165, 1.54) is 4.31 Å². The van der Waals surface area contributed by atoms with Crippen molar-refractivity contribution in [2.75, 3.05) is 23.7 Å². The molecule has 0 fully saturated rings. The van der Waals surface area contributed by atoms with Gasteiger partial charge in [0, 0.05) is 31.1 Å². The van der Waals surface area contributed by atoms with E-state index < -0.39 is 16.1 Å². The maximum Gasteiger partial charge on any atom is 0.242 e. The second-order valence-electron chi connectivity index (χ2n) is 8.24. The minimum atomic E-state index is -3.54. The molecule has 0 aliphatic rings. The molecular formula is C25H34ClN3O4S. The number of hydrogen-bond donors (Lipinski definition) is 1. The summed E-state index contributed by atoms with van der Waals surface area (Å²) in [7, 11) is -3.54. The summed E-state index contributed by atoms with van der Waals surface area (Å²) >= 11 is 5.92. The normalized spacial score (nSPS) is 12.1. The van der Waals surface area contributed by atoms with Crippen molar-refractivity contribution in [3.63, 3.8) is 0 Å². The minimum absolute atomic E-state index is 0.110. The first-order valence-corrected chi connectivity index (χ1v) is 13.7. The molecule has 1 atom stereocenters. The molecule has 0 spiro atoms. The lowest BCUT2D eigenvalue weighted by atomic mass is 10.1. The van der Waals surface area contributed by atoms with Crippen LogP contribution in [0.15, 0.2) is 54.6 Å². The van der Waals surface area contributed by atoms with Crippen LogP contribution < -0.4 is 9.62 Å². The molecule has 1 unspecified atom stereocenters. The van der Waals surface area contributed by atoms with Gasteiger partial charge in [-0.05, 0) is 49.6 Å². The first-order valence-electron chi connectivity index (χ1n) is 11.5. The van der Waals surface area contributed by atoms with E-state index in [1.54, 1.807) is 36.1 Å². The van der Waals surface area contributed by atoms with Crippen LogP contribution in [0.5, 0.6) is 0 Å². The Balaban J connectivity index is 2.10. The number of sulfonamides is 1. The smallest absolute Gasteiger partial charge is 0.242 e. The molecule has 9 heteroatoms. The molecule has 0 aromatic heterocycles. The van der Waals surface area contributed by atoms with E-state index >= 15 is 0 Å². The molecule has 0 bridgehead atoms. The van der Waals surface area contributed by atoms with Gasteiger partial charge < -0.3 is 10.2 Å². The third kappa shape index (κ3) is 8.65. The van der Waals surface area contributed by atoms with Crippen molar-refractivity contribution in [2.24, 2.45) is 0 Å². The molecule has 0 saturated carbocycles. The molecular weight excluding hydrogens is 474 g/mol. The number of hydrogen-bond acceptors (Lipinski definition) is 4. The van der Waals surface area contributed by atoms with Crippen molar-refractivity contribution >= 4 is 39.1 Å². The molecule has 0 aliphatic carbocycles. The highest BCUT2D eigenvalue weighted by molar-refractivity contribution is 7.92. The van der Waals surface area contributed by atoms with Crippen molar-refractivity contribution in [1.82, 2.24) is 10.2 Å². The van der Waals surface area contributed by atoms with Crippen LogP contribution in [0.25, 0.3) is 0 Å². The van der Waals surface area contributed by atoms with Crippen LogP contribution in [0.3, 0.4) is 0 Å². The fourth-order valence-electron chi connectivity index (χ4n) is 3.51. The van der Waals surface area contributed by atoms with E-state index in [1.807, 2.05) is 37.3 Å². The van der Waals surface area contributed by atoms with Gasteiger partial charge in [-0.2, -0.15) is 0 Å². The highest BCUT2D eigenvalue weighted by Crippen LogP contribution is 2.21. The summed E-state index contributed by atoms with van der Waals surface area (Å²) in [6, 6.07) is 15.4. The molecule has 186 valence electrons. The molecule has 2 rings (SSSR count). The topological polar surface area (TPSA) is 86.8 Å². The van der Waals surface area contributed by atoms with Gasteiger partial charge in [0.05, 0.1) is 11.9 Å². The van der Waals surface area contributed by atoms with Gasteiger partial charge in [-0.3, -0.25) is 13.9 Å². The molecule has 2 aromatic carbocycles. The number of amides is 2. The quantitative estimate of drug-likeness (QED) is 0.411. The standard InChI is InChI=1S/C25H34ClN3O4S/c1-4-5-17-27-25(31)20(2)28(19-21-10-7-6-8-11-21)24(30)12-9-18-29(34(3,32)33)23-15-13-22(26)14-16-23/h6-8,10-11,13-16,20H,4-5,9,12,17-19H2,1-3H3,(H,27,31). The molecule has 0 heterocycles. The fraction of sp³-hybridized carbons (Fsp3) is 0.440. The molecule has 0 saturated heterocycles. The van der Waals surface area contributed by atoms with Crippen LogP contribution in [0.1, 0.15) is 45.1 Å². The average molecular weight is 508 g/mol. The van der Waals surface area contributed by atoms with Crippen molar-refractivity contribution in [1.29, 1.82) is 0 Å². The molecule has 0 radical (unpaired) electrons. The van der Waals surface area contributed by atoms with Crippen LogP contribution in [-0.4, -0.2) is 50.5 Å². The van der Waals surface area contributed by atoms with Gasteiger partial charge in [0.15, 0.2) is 0 Å². The number of benzene rings is 2. The van der Waals surface area contributed by atoms with E-state index in [2.05, 4.69) is 5.32 Å². The Hall–Kier alpha value is -2.58. The maximum absolute atomic E-state index is 13.2. The second kappa shape index (κ2) is 13.3.